The van der Waals surface area contributed by atoms with Crippen LogP contribution in [0.1, 0.15) is 25.7 Å². The standard InChI is InChI=1S/C14H15F2N3O/c1-14(5-2-6-17-8-14)13-18-12(19-20-13)9-3-4-10(15)11(16)7-9/h3-4,7,17H,2,5-6,8H2,1H3. The van der Waals surface area contributed by atoms with Crippen molar-refractivity contribution in [3.05, 3.63) is 35.7 Å². The molecule has 0 spiro atoms. The summed E-state index contributed by atoms with van der Waals surface area (Å²) in [4.78, 5) is 4.34. The van der Waals surface area contributed by atoms with E-state index >= 15 is 0 Å². The minimum absolute atomic E-state index is 0.206. The first-order chi connectivity index (χ1) is 9.58. The molecule has 1 saturated heterocycles. The first-order valence-electron chi connectivity index (χ1n) is 6.59. The molecule has 0 saturated carbocycles. The lowest BCUT2D eigenvalue weighted by Gasteiger charge is -2.30. The molecule has 0 bridgehead atoms. The summed E-state index contributed by atoms with van der Waals surface area (Å²) in [6, 6.07) is 3.57. The fraction of sp³-hybridized carbons (Fsp3) is 0.429. The van der Waals surface area contributed by atoms with Crippen LogP contribution in [-0.4, -0.2) is 23.2 Å². The second kappa shape index (κ2) is 4.94. The van der Waals surface area contributed by atoms with E-state index in [1.165, 1.54) is 6.07 Å². The molecule has 1 N–H and O–H groups in total. The Hall–Kier alpha value is -1.82. The quantitative estimate of drug-likeness (QED) is 0.918. The molecule has 0 radical (unpaired) electrons. The van der Waals surface area contributed by atoms with E-state index in [1.807, 2.05) is 0 Å². The predicted molar refractivity (Wildman–Crippen MR) is 69.1 cm³/mol. The molecule has 4 nitrogen and oxygen atoms in total. The summed E-state index contributed by atoms with van der Waals surface area (Å²) in [7, 11) is 0. The number of aromatic nitrogens is 2. The van der Waals surface area contributed by atoms with Gasteiger partial charge in [0.25, 0.3) is 0 Å². The van der Waals surface area contributed by atoms with Crippen LogP contribution in [0.5, 0.6) is 0 Å². The Kier molecular flexibility index (Phi) is 3.25. The second-order valence-electron chi connectivity index (χ2n) is 5.39. The monoisotopic (exact) mass is 279 g/mol. The molecule has 6 heteroatoms. The van der Waals surface area contributed by atoms with Crippen molar-refractivity contribution in [1.29, 1.82) is 0 Å². The Morgan fingerprint density at radius 1 is 1.30 bits per heavy atom. The van der Waals surface area contributed by atoms with Crippen LogP contribution < -0.4 is 5.32 Å². The topological polar surface area (TPSA) is 51.0 Å². The molecule has 1 atom stereocenters. The van der Waals surface area contributed by atoms with Gasteiger partial charge in [0.15, 0.2) is 11.6 Å². The summed E-state index contributed by atoms with van der Waals surface area (Å²) in [5.41, 5.74) is 0.202. The lowest BCUT2D eigenvalue weighted by atomic mass is 9.83. The van der Waals surface area contributed by atoms with E-state index in [4.69, 9.17) is 4.52 Å². The first kappa shape index (κ1) is 13.2. The zero-order valence-electron chi connectivity index (χ0n) is 11.1. The maximum atomic E-state index is 13.2. The number of piperidine rings is 1. The number of hydrogen-bond acceptors (Lipinski definition) is 4. The van der Waals surface area contributed by atoms with Gasteiger partial charge in [0, 0.05) is 12.1 Å². The average Bonchev–Trinajstić information content (AvgIpc) is 2.93. The van der Waals surface area contributed by atoms with Crippen LogP contribution >= 0.6 is 0 Å². The third-order valence-corrected chi connectivity index (χ3v) is 3.72. The van der Waals surface area contributed by atoms with E-state index in [0.29, 0.717) is 11.5 Å². The van der Waals surface area contributed by atoms with E-state index in [1.54, 1.807) is 0 Å². The maximum Gasteiger partial charge on any atom is 0.234 e. The summed E-state index contributed by atoms with van der Waals surface area (Å²) < 4.78 is 31.5. The fourth-order valence-electron chi connectivity index (χ4n) is 2.46. The SMILES string of the molecule is CC1(c2nc(-c3ccc(F)c(F)c3)no2)CCCNC1. The minimum Gasteiger partial charge on any atom is -0.338 e. The van der Waals surface area contributed by atoms with Crippen LogP contribution in [0.15, 0.2) is 22.7 Å². The van der Waals surface area contributed by atoms with E-state index < -0.39 is 11.6 Å². The van der Waals surface area contributed by atoms with E-state index in [-0.39, 0.29) is 11.2 Å². The van der Waals surface area contributed by atoms with Crippen LogP contribution in [0.3, 0.4) is 0 Å². The third-order valence-electron chi connectivity index (χ3n) is 3.72. The number of nitrogens with one attached hydrogen (secondary N) is 1. The van der Waals surface area contributed by atoms with Gasteiger partial charge < -0.3 is 9.84 Å². The van der Waals surface area contributed by atoms with Crippen LogP contribution in [0.4, 0.5) is 8.78 Å². The Morgan fingerprint density at radius 2 is 2.15 bits per heavy atom. The fourth-order valence-corrected chi connectivity index (χ4v) is 2.46. The van der Waals surface area contributed by atoms with Gasteiger partial charge in [-0.05, 0) is 44.5 Å². The first-order valence-corrected chi connectivity index (χ1v) is 6.59. The highest BCUT2D eigenvalue weighted by Gasteiger charge is 2.34. The predicted octanol–water partition coefficient (Wildman–Crippen LogP) is 2.66. The lowest BCUT2D eigenvalue weighted by molar-refractivity contribution is 0.245. The Balaban J connectivity index is 1.91. The van der Waals surface area contributed by atoms with Crippen molar-refractivity contribution in [3.63, 3.8) is 0 Å². The number of nitrogens with zero attached hydrogens (tertiary/aromatic N) is 2. The average molecular weight is 279 g/mol. The largest absolute Gasteiger partial charge is 0.338 e. The Morgan fingerprint density at radius 3 is 2.85 bits per heavy atom. The molecule has 1 aromatic heterocycles. The molecule has 1 aliphatic heterocycles. The molecule has 3 rings (SSSR count). The molecular formula is C14H15F2N3O. The number of benzene rings is 1. The molecule has 1 aromatic carbocycles. The molecule has 2 aromatic rings. The maximum absolute atomic E-state index is 13.2. The van der Waals surface area contributed by atoms with Gasteiger partial charge in [-0.2, -0.15) is 4.98 Å². The third kappa shape index (κ3) is 2.31. The normalized spacial score (nSPS) is 22.9. The highest BCUT2D eigenvalue weighted by atomic mass is 19.2. The lowest BCUT2D eigenvalue weighted by Crippen LogP contribution is -2.41. The molecule has 1 unspecified atom stereocenters. The molecule has 0 amide bonds. The molecule has 20 heavy (non-hydrogen) atoms. The zero-order chi connectivity index (χ0) is 14.2. The van der Waals surface area contributed by atoms with E-state index in [9.17, 15) is 8.78 Å². The van der Waals surface area contributed by atoms with Crippen molar-refractivity contribution in [2.24, 2.45) is 0 Å². The van der Waals surface area contributed by atoms with E-state index in [2.05, 4.69) is 22.4 Å². The van der Waals surface area contributed by atoms with Crippen LogP contribution in [0.25, 0.3) is 11.4 Å². The van der Waals surface area contributed by atoms with Crippen molar-refractivity contribution < 1.29 is 13.3 Å². The molecule has 1 aliphatic rings. The van der Waals surface area contributed by atoms with Crippen molar-refractivity contribution in [3.8, 4) is 11.4 Å². The second-order valence-corrected chi connectivity index (χ2v) is 5.39. The summed E-state index contributed by atoms with van der Waals surface area (Å²) >= 11 is 0. The number of halogens is 2. The van der Waals surface area contributed by atoms with Gasteiger partial charge >= 0.3 is 0 Å². The number of rotatable bonds is 2. The molecule has 106 valence electrons. The van der Waals surface area contributed by atoms with Gasteiger partial charge in [-0.3, -0.25) is 0 Å². The highest BCUT2D eigenvalue weighted by molar-refractivity contribution is 5.54. The number of hydrogen-bond donors (Lipinski definition) is 1. The van der Waals surface area contributed by atoms with Gasteiger partial charge in [0.1, 0.15) is 0 Å². The van der Waals surface area contributed by atoms with Gasteiger partial charge in [-0.25, -0.2) is 8.78 Å². The van der Waals surface area contributed by atoms with Gasteiger partial charge in [0.05, 0.1) is 5.41 Å². The molecule has 2 heterocycles. The van der Waals surface area contributed by atoms with Gasteiger partial charge in [-0.15, -0.1) is 0 Å². The van der Waals surface area contributed by atoms with Gasteiger partial charge in [-0.1, -0.05) is 5.16 Å². The minimum atomic E-state index is -0.917. The highest BCUT2D eigenvalue weighted by Crippen LogP contribution is 2.30. The molecule has 0 aliphatic carbocycles. The Labute approximate surface area is 115 Å². The van der Waals surface area contributed by atoms with Crippen molar-refractivity contribution in [1.82, 2.24) is 15.5 Å². The Bertz CT molecular complexity index is 621. The summed E-state index contributed by atoms with van der Waals surface area (Å²) in [5.74, 6) is -0.990. The molecular weight excluding hydrogens is 264 g/mol. The van der Waals surface area contributed by atoms with Crippen molar-refractivity contribution in [2.75, 3.05) is 13.1 Å². The van der Waals surface area contributed by atoms with E-state index in [0.717, 1.165) is 38.1 Å². The molecule has 1 fully saturated rings. The van der Waals surface area contributed by atoms with Crippen LogP contribution in [0, 0.1) is 11.6 Å². The van der Waals surface area contributed by atoms with Gasteiger partial charge in [0.2, 0.25) is 11.7 Å². The zero-order valence-corrected chi connectivity index (χ0v) is 11.1. The van der Waals surface area contributed by atoms with Crippen molar-refractivity contribution >= 4 is 0 Å². The smallest absolute Gasteiger partial charge is 0.234 e. The van der Waals surface area contributed by atoms with Crippen LogP contribution in [-0.2, 0) is 5.41 Å². The van der Waals surface area contributed by atoms with Crippen LogP contribution in [0.2, 0.25) is 0 Å². The summed E-state index contributed by atoms with van der Waals surface area (Å²) in [6.07, 6.45) is 2.00. The summed E-state index contributed by atoms with van der Waals surface area (Å²) in [5, 5.41) is 7.18. The van der Waals surface area contributed by atoms with Crippen molar-refractivity contribution in [2.45, 2.75) is 25.2 Å². The summed E-state index contributed by atoms with van der Waals surface area (Å²) in [6.45, 7) is 3.81.